The summed E-state index contributed by atoms with van der Waals surface area (Å²) in [5, 5.41) is -1.12. The number of hydrogen-bond donors (Lipinski definition) is 1. The molecule has 15 atom stereocenters. The number of halogens is 15. The molecular weight excluding hydrogens is 1630 g/mol. The number of fused-ring (bicyclic) bond motifs is 4. The van der Waals surface area contributed by atoms with Crippen molar-refractivity contribution in [3.8, 4) is 0 Å². The summed E-state index contributed by atoms with van der Waals surface area (Å²) < 4.78 is 219. The maximum atomic E-state index is 14.0. The Labute approximate surface area is 635 Å². The van der Waals surface area contributed by atoms with Gasteiger partial charge in [-0.3, -0.25) is 0 Å². The lowest BCUT2D eigenvalue weighted by atomic mass is 9.77. The number of benzene rings is 3. The van der Waals surface area contributed by atoms with Crippen LogP contribution in [0, 0.1) is 111 Å². The zero-order valence-electron chi connectivity index (χ0n) is 58.1. The van der Waals surface area contributed by atoms with Crippen molar-refractivity contribution >= 4 is 147 Å². The Bertz CT molecular complexity index is 3440. The highest BCUT2D eigenvalue weighted by atomic mass is 33.2. The number of epoxide rings is 1. The lowest BCUT2D eigenvalue weighted by Gasteiger charge is -2.37. The summed E-state index contributed by atoms with van der Waals surface area (Å²) in [7, 11) is 0. The third kappa shape index (κ3) is 22.2. The molecule has 570 valence electrons. The molecule has 11 rings (SSSR count). The van der Waals surface area contributed by atoms with E-state index in [1.54, 1.807) is 0 Å². The van der Waals surface area contributed by atoms with Gasteiger partial charge in [-0.05, 0) is 264 Å². The van der Waals surface area contributed by atoms with Gasteiger partial charge in [0, 0.05) is 15.7 Å². The second-order valence-electron chi connectivity index (χ2n) is 27.4. The van der Waals surface area contributed by atoms with Crippen LogP contribution in [0.4, 0.5) is 65.9 Å². The third-order valence-electron chi connectivity index (χ3n) is 19.0. The Balaban J connectivity index is 0.000000206. The first-order chi connectivity index (χ1) is 46.4. The van der Waals surface area contributed by atoms with Crippen LogP contribution in [-0.2, 0) is 65.5 Å². The fraction of sp³-hybridized carbons (Fsp3) is 0.606. The van der Waals surface area contributed by atoms with E-state index in [0.29, 0.717) is 77.3 Å². The van der Waals surface area contributed by atoms with E-state index >= 15 is 0 Å². The monoisotopic (exact) mass is 1720 g/mol. The van der Waals surface area contributed by atoms with E-state index in [4.69, 9.17) is 65.5 Å². The minimum absolute atomic E-state index is 0.00227. The summed E-state index contributed by atoms with van der Waals surface area (Å²) in [4.78, 5) is -0.511. The van der Waals surface area contributed by atoms with E-state index in [2.05, 4.69) is 78.1 Å². The Kier molecular flexibility index (Phi) is 32.0. The van der Waals surface area contributed by atoms with Crippen LogP contribution in [0.25, 0.3) is 0 Å². The van der Waals surface area contributed by atoms with E-state index in [9.17, 15) is 65.9 Å². The van der Waals surface area contributed by atoms with Crippen LogP contribution >= 0.6 is 99.8 Å². The highest BCUT2D eigenvalue weighted by Gasteiger charge is 2.58. The number of thiol groups is 1. The maximum Gasteiger partial charge on any atom is 0.200 e. The lowest BCUT2D eigenvalue weighted by molar-refractivity contribution is 0.0693. The molecule has 0 bridgehead atoms. The molecule has 0 aromatic heterocycles. The van der Waals surface area contributed by atoms with Crippen molar-refractivity contribution in [2.24, 2.45) is 23.7 Å². The van der Waals surface area contributed by atoms with Gasteiger partial charge in [0.05, 0.1) is 43.2 Å². The topological polar surface area (TPSA) is 43.5 Å². The van der Waals surface area contributed by atoms with Gasteiger partial charge in [-0.2, -0.15) is 0 Å². The molecule has 8 aliphatic rings. The molecular formula is C66H86F15NO4P4S11. The molecule has 0 unspecified atom stereocenters. The molecule has 4 saturated heterocycles. The van der Waals surface area contributed by atoms with Crippen molar-refractivity contribution in [3.05, 3.63) is 136 Å². The number of ether oxygens (including phenoxy) is 1. The van der Waals surface area contributed by atoms with Gasteiger partial charge in [-0.1, -0.05) is 115 Å². The van der Waals surface area contributed by atoms with Crippen molar-refractivity contribution in [1.82, 2.24) is 4.90 Å². The number of nitrogens with zero attached hydrogens (tertiary/aromatic N) is 1. The van der Waals surface area contributed by atoms with E-state index in [-0.39, 0.29) is 21.4 Å². The zero-order chi connectivity index (χ0) is 76.6. The van der Waals surface area contributed by atoms with Crippen LogP contribution in [0.2, 0.25) is 0 Å². The molecule has 4 aliphatic carbocycles. The van der Waals surface area contributed by atoms with Gasteiger partial charge in [0.15, 0.2) is 83.8 Å². The molecule has 0 radical (unpaired) electrons. The van der Waals surface area contributed by atoms with Gasteiger partial charge >= 0.3 is 0 Å². The van der Waals surface area contributed by atoms with E-state index in [0.717, 1.165) is 61.2 Å². The molecule has 35 heteroatoms. The average Bonchev–Trinajstić information content (AvgIpc) is 1.61. The van der Waals surface area contributed by atoms with Gasteiger partial charge in [0.2, 0.25) is 17.5 Å². The van der Waals surface area contributed by atoms with Crippen molar-refractivity contribution in [2.75, 3.05) is 33.0 Å². The Hall–Kier alpha value is 0.420. The van der Waals surface area contributed by atoms with Crippen molar-refractivity contribution < 1.29 is 84.2 Å². The lowest BCUT2D eigenvalue weighted by Crippen LogP contribution is -2.40. The molecule has 4 saturated carbocycles. The van der Waals surface area contributed by atoms with E-state index < -0.39 is 138 Å². The molecule has 0 N–H and O–H groups in total. The number of rotatable bonds is 13. The zero-order valence-corrected chi connectivity index (χ0v) is 70.8. The van der Waals surface area contributed by atoms with Crippen LogP contribution in [0.3, 0.4) is 0 Å². The van der Waals surface area contributed by atoms with Crippen LogP contribution in [-0.4, -0.2) is 82.1 Å². The van der Waals surface area contributed by atoms with Crippen LogP contribution in [0.5, 0.6) is 0 Å². The quantitative estimate of drug-likeness (QED) is 0.0336. The van der Waals surface area contributed by atoms with Gasteiger partial charge in [0.1, 0.15) is 0 Å². The normalized spacial score (nSPS) is 32.8. The Morgan fingerprint density at radius 2 is 0.634 bits per heavy atom. The first-order valence-corrected chi connectivity index (χ1v) is 54.0. The van der Waals surface area contributed by atoms with Crippen LogP contribution in [0.1, 0.15) is 153 Å². The number of allylic oxidation sites excluding steroid dienone is 4. The predicted molar refractivity (Wildman–Crippen MR) is 412 cm³/mol. The van der Waals surface area contributed by atoms with Crippen LogP contribution < -0.4 is 0 Å². The molecule has 5 nitrogen and oxygen atoms in total. The van der Waals surface area contributed by atoms with Crippen LogP contribution in [0.15, 0.2) is 63.3 Å². The van der Waals surface area contributed by atoms with Gasteiger partial charge < -0.3 is 23.2 Å². The highest BCUT2D eigenvalue weighted by Crippen LogP contribution is 2.85. The minimum atomic E-state index is -2.93. The minimum Gasteiger partial charge on any atom is -0.366 e. The average molecular weight is 1720 g/mol. The third-order valence-corrected chi connectivity index (χ3v) is 45.8. The first kappa shape index (κ1) is 90.3. The fourth-order valence-electron chi connectivity index (χ4n) is 12.4. The molecule has 4 heterocycles. The maximum absolute atomic E-state index is 14.0. The molecule has 4 aliphatic heterocycles. The molecule has 101 heavy (non-hydrogen) atoms. The summed E-state index contributed by atoms with van der Waals surface area (Å²) in [5.41, 5.74) is 3.07. The summed E-state index contributed by atoms with van der Waals surface area (Å²) in [6.45, 7) is 45.9. The Morgan fingerprint density at radius 1 is 0.436 bits per heavy atom. The summed E-state index contributed by atoms with van der Waals surface area (Å²) >= 11 is 30.6. The van der Waals surface area contributed by atoms with Gasteiger partial charge in [-0.15, -0.1) is 12.2 Å². The van der Waals surface area contributed by atoms with E-state index in [1.165, 1.54) is 78.6 Å². The van der Waals surface area contributed by atoms with Gasteiger partial charge in [0.25, 0.3) is 0 Å². The van der Waals surface area contributed by atoms with Gasteiger partial charge in [-0.25, -0.2) is 65.9 Å². The van der Waals surface area contributed by atoms with E-state index in [1.807, 2.05) is 54.9 Å². The van der Waals surface area contributed by atoms with Crippen molar-refractivity contribution in [3.63, 3.8) is 0 Å². The smallest absolute Gasteiger partial charge is 0.200 e. The molecule has 0 amide bonds. The fourth-order valence-corrected chi connectivity index (χ4v) is 45.4. The van der Waals surface area contributed by atoms with Crippen molar-refractivity contribution in [1.29, 1.82) is 0 Å². The second-order valence-corrected chi connectivity index (χ2v) is 67.6. The molecule has 3 aromatic rings. The highest BCUT2D eigenvalue weighted by molar-refractivity contribution is 9.00. The van der Waals surface area contributed by atoms with Crippen molar-refractivity contribution in [2.45, 2.75) is 212 Å². The molecule has 0 spiro atoms. The SMILES string of the molecule is C=C(C)[C@@H]1CC[C@]2(C)O[C@@H]2C1.C=C(C)[C@@H]1CC[C@]2(C)O[P@](=S)(Sc3c(F)c(F)c(F)c(F)c3F)S[C@H]2C1.C=C(C)[C@@H]1CC[C@]2(C)O[P@](=S)(Sc3c(F)c(F)c(F)c(F)c3F)S[C@H]2C1.C=C(C)[C@@H]1CC[C@]2(C)O[P@](=S)(Sc3c(F)c(F)c(F)c(F)c3F)S[C@H]2C1.CCN(CC)CC.CP(C)(=S)S. The number of hydrogen-bond acceptors (Lipinski definition) is 15. The second kappa shape index (κ2) is 35.8. The first-order valence-electron chi connectivity index (χ1n) is 32.3. The largest absolute Gasteiger partial charge is 0.366 e. The standard InChI is InChI=1S/3C16H16F5OPS3.C10H16O.C6H15N.C2H7PS2/c3*1-7(2)8-4-5-16(3)9(6-8)25-23(24,22-16)26-15-13(20)11(18)10(17)12(19)14(15)21;1-7(2)8-4-5-10(3)9(6-8)11-10;1-4-7(5-2)6-3;1-3(2,4)5/h3*8-9H,1,4-6H2,2-3H3;8-9H,1,4-6H2,2-3H3;4-6H2,1-3H3;1-2H3,(H,4,5)/t3*8-,9+,16+,23-;8-,9-,10+;;/m1111../s1. The molecule has 3 aromatic carbocycles. The summed E-state index contributed by atoms with van der Waals surface area (Å²) in [5.74, 6) is -27.8. The summed E-state index contributed by atoms with van der Waals surface area (Å²) in [6, 6.07) is 0. The predicted octanol–water partition coefficient (Wildman–Crippen LogP) is 26.3. The summed E-state index contributed by atoms with van der Waals surface area (Å²) in [6.07, 6.45) is 11.3. The molecule has 8 fully saturated rings. The Morgan fingerprint density at radius 3 is 0.822 bits per heavy atom.